The van der Waals surface area contributed by atoms with Crippen molar-refractivity contribution < 1.29 is 18.3 Å². The van der Waals surface area contributed by atoms with Crippen molar-refractivity contribution in [3.63, 3.8) is 0 Å². The molecule has 1 aromatic heterocycles. The first-order chi connectivity index (χ1) is 11.6. The number of halogens is 3. The van der Waals surface area contributed by atoms with Gasteiger partial charge in [0.2, 0.25) is 0 Å². The number of nitrogens with one attached hydrogen (secondary N) is 2. The van der Waals surface area contributed by atoms with Crippen molar-refractivity contribution in [3.05, 3.63) is 46.2 Å². The number of rotatable bonds is 7. The summed E-state index contributed by atoms with van der Waals surface area (Å²) in [5, 5.41) is 8.32. The molecule has 0 amide bonds. The zero-order valence-corrected chi connectivity index (χ0v) is 16.9. The quantitative estimate of drug-likeness (QED) is 0.357. The third-order valence-corrected chi connectivity index (χ3v) is 4.01. The van der Waals surface area contributed by atoms with Gasteiger partial charge in [-0.2, -0.15) is 8.78 Å². The van der Waals surface area contributed by atoms with E-state index in [1.54, 1.807) is 30.5 Å². The first kappa shape index (κ1) is 21.4. The van der Waals surface area contributed by atoms with E-state index in [0.717, 1.165) is 5.56 Å². The molecule has 9 heteroatoms. The van der Waals surface area contributed by atoms with Gasteiger partial charge in [0.15, 0.2) is 17.5 Å². The standard InChI is InChI=1S/C16H19F2N3O2S.HI/c1-19-16(21-10-12-4-3-7-24-12)20-9-11-5-6-13(22-2)14(8-11)23-15(17)18;/h3-8,15H,9-10H2,1-2H3,(H2,19,20,21);1H. The summed E-state index contributed by atoms with van der Waals surface area (Å²) >= 11 is 1.65. The summed E-state index contributed by atoms with van der Waals surface area (Å²) in [6, 6.07) is 8.90. The van der Waals surface area contributed by atoms with E-state index in [4.69, 9.17) is 4.74 Å². The van der Waals surface area contributed by atoms with Crippen LogP contribution in [0.3, 0.4) is 0 Å². The highest BCUT2D eigenvalue weighted by Gasteiger charge is 2.11. The molecule has 0 saturated carbocycles. The van der Waals surface area contributed by atoms with E-state index in [2.05, 4.69) is 20.4 Å². The summed E-state index contributed by atoms with van der Waals surface area (Å²) in [6.45, 7) is -1.82. The summed E-state index contributed by atoms with van der Waals surface area (Å²) in [6.07, 6.45) is 0. The van der Waals surface area contributed by atoms with Crippen molar-refractivity contribution in [2.24, 2.45) is 4.99 Å². The number of methoxy groups -OCH3 is 1. The molecule has 0 unspecified atom stereocenters. The van der Waals surface area contributed by atoms with Crippen LogP contribution in [0.4, 0.5) is 8.78 Å². The van der Waals surface area contributed by atoms with Crippen molar-refractivity contribution in [1.82, 2.24) is 10.6 Å². The topological polar surface area (TPSA) is 54.9 Å². The molecule has 0 aliphatic rings. The molecule has 5 nitrogen and oxygen atoms in total. The average Bonchev–Trinajstić information content (AvgIpc) is 3.08. The van der Waals surface area contributed by atoms with Crippen molar-refractivity contribution in [1.29, 1.82) is 0 Å². The van der Waals surface area contributed by atoms with Crippen molar-refractivity contribution in [2.45, 2.75) is 19.7 Å². The molecule has 0 bridgehead atoms. The van der Waals surface area contributed by atoms with Gasteiger partial charge in [0.25, 0.3) is 0 Å². The van der Waals surface area contributed by atoms with Gasteiger partial charge in [0.05, 0.1) is 13.7 Å². The van der Waals surface area contributed by atoms with Crippen LogP contribution in [-0.2, 0) is 13.1 Å². The van der Waals surface area contributed by atoms with Crippen LogP contribution < -0.4 is 20.1 Å². The third kappa shape index (κ3) is 7.02. The van der Waals surface area contributed by atoms with E-state index in [1.165, 1.54) is 18.1 Å². The molecule has 0 atom stereocenters. The van der Waals surface area contributed by atoms with Crippen molar-refractivity contribution in [3.8, 4) is 11.5 Å². The van der Waals surface area contributed by atoms with Crippen molar-refractivity contribution >= 4 is 41.3 Å². The lowest BCUT2D eigenvalue weighted by atomic mass is 10.2. The average molecular weight is 483 g/mol. The molecule has 2 aromatic rings. The van der Waals surface area contributed by atoms with Gasteiger partial charge in [0, 0.05) is 18.5 Å². The van der Waals surface area contributed by atoms with Gasteiger partial charge in [-0.15, -0.1) is 35.3 Å². The summed E-state index contributed by atoms with van der Waals surface area (Å²) in [7, 11) is 3.07. The number of ether oxygens (including phenoxy) is 2. The van der Waals surface area contributed by atoms with Gasteiger partial charge in [-0.05, 0) is 29.1 Å². The summed E-state index contributed by atoms with van der Waals surface area (Å²) < 4.78 is 34.4. The number of aliphatic imine (C=N–C) groups is 1. The van der Waals surface area contributed by atoms with E-state index < -0.39 is 6.61 Å². The molecule has 1 aromatic carbocycles. The SMILES string of the molecule is CN=C(NCc1ccc(OC)c(OC(F)F)c1)NCc1cccs1.I. The van der Waals surface area contributed by atoms with Crippen LogP contribution in [0.15, 0.2) is 40.7 Å². The Bertz CT molecular complexity index is 669. The zero-order valence-electron chi connectivity index (χ0n) is 13.8. The van der Waals surface area contributed by atoms with Gasteiger partial charge < -0.3 is 20.1 Å². The van der Waals surface area contributed by atoms with Crippen LogP contribution in [0.1, 0.15) is 10.4 Å². The van der Waals surface area contributed by atoms with E-state index in [0.29, 0.717) is 19.0 Å². The van der Waals surface area contributed by atoms with E-state index in [9.17, 15) is 8.78 Å². The zero-order chi connectivity index (χ0) is 17.4. The van der Waals surface area contributed by atoms with Gasteiger partial charge in [-0.25, -0.2) is 0 Å². The molecule has 0 aliphatic carbocycles. The van der Waals surface area contributed by atoms with Crippen LogP contribution in [-0.4, -0.2) is 26.7 Å². The number of guanidine groups is 1. The van der Waals surface area contributed by atoms with Gasteiger partial charge in [0.1, 0.15) is 0 Å². The Labute approximate surface area is 166 Å². The highest BCUT2D eigenvalue weighted by atomic mass is 127. The number of nitrogens with zero attached hydrogens (tertiary/aromatic N) is 1. The molecule has 138 valence electrons. The Balaban J connectivity index is 0.00000312. The Morgan fingerprint density at radius 1 is 1.20 bits per heavy atom. The second-order valence-corrected chi connectivity index (χ2v) is 5.75. The Kier molecular flexibility index (Phi) is 9.50. The lowest BCUT2D eigenvalue weighted by Gasteiger charge is -2.14. The summed E-state index contributed by atoms with van der Waals surface area (Å²) in [5.41, 5.74) is 0.769. The Morgan fingerprint density at radius 2 is 1.96 bits per heavy atom. The molecular formula is C16H20F2IN3O2S. The largest absolute Gasteiger partial charge is 0.493 e. The van der Waals surface area contributed by atoms with Crippen molar-refractivity contribution in [2.75, 3.05) is 14.2 Å². The minimum absolute atomic E-state index is 0. The minimum atomic E-state index is -2.90. The molecule has 0 aliphatic heterocycles. The molecule has 1 heterocycles. The number of hydrogen-bond donors (Lipinski definition) is 2. The fourth-order valence-electron chi connectivity index (χ4n) is 2.01. The lowest BCUT2D eigenvalue weighted by molar-refractivity contribution is -0.0512. The minimum Gasteiger partial charge on any atom is -0.493 e. The number of thiophene rings is 1. The number of alkyl halides is 2. The highest BCUT2D eigenvalue weighted by Crippen LogP contribution is 2.29. The first-order valence-corrected chi connectivity index (χ1v) is 8.09. The highest BCUT2D eigenvalue weighted by molar-refractivity contribution is 14.0. The maximum absolute atomic E-state index is 12.5. The maximum atomic E-state index is 12.5. The number of benzene rings is 1. The van der Waals surface area contributed by atoms with E-state index >= 15 is 0 Å². The molecule has 0 fully saturated rings. The molecule has 25 heavy (non-hydrogen) atoms. The van der Waals surface area contributed by atoms with Gasteiger partial charge in [-0.3, -0.25) is 4.99 Å². The summed E-state index contributed by atoms with van der Waals surface area (Å²) in [4.78, 5) is 5.32. The predicted molar refractivity (Wildman–Crippen MR) is 106 cm³/mol. The van der Waals surface area contributed by atoms with E-state index in [-0.39, 0.29) is 35.5 Å². The molecule has 2 rings (SSSR count). The molecule has 0 saturated heterocycles. The van der Waals surface area contributed by atoms with Crippen LogP contribution in [0.2, 0.25) is 0 Å². The van der Waals surface area contributed by atoms with Crippen LogP contribution >= 0.6 is 35.3 Å². The predicted octanol–water partition coefficient (Wildman–Crippen LogP) is 3.84. The second-order valence-electron chi connectivity index (χ2n) is 4.72. The molecular weight excluding hydrogens is 463 g/mol. The van der Waals surface area contributed by atoms with Gasteiger partial charge in [-0.1, -0.05) is 12.1 Å². The third-order valence-electron chi connectivity index (χ3n) is 3.14. The van der Waals surface area contributed by atoms with Crippen LogP contribution in [0.5, 0.6) is 11.5 Å². The fraction of sp³-hybridized carbons (Fsp3) is 0.312. The number of hydrogen-bond acceptors (Lipinski definition) is 4. The van der Waals surface area contributed by atoms with Crippen LogP contribution in [0, 0.1) is 0 Å². The second kappa shape index (κ2) is 11.1. The monoisotopic (exact) mass is 483 g/mol. The van der Waals surface area contributed by atoms with Crippen LogP contribution in [0.25, 0.3) is 0 Å². The fourth-order valence-corrected chi connectivity index (χ4v) is 2.65. The van der Waals surface area contributed by atoms with E-state index in [1.807, 2.05) is 17.5 Å². The Morgan fingerprint density at radius 3 is 2.56 bits per heavy atom. The Hall–Kier alpha value is -1.62. The smallest absolute Gasteiger partial charge is 0.387 e. The molecule has 2 N–H and O–H groups in total. The maximum Gasteiger partial charge on any atom is 0.387 e. The summed E-state index contributed by atoms with van der Waals surface area (Å²) in [5.74, 6) is 0.892. The first-order valence-electron chi connectivity index (χ1n) is 7.21. The molecule has 0 spiro atoms. The lowest BCUT2D eigenvalue weighted by Crippen LogP contribution is -2.36. The van der Waals surface area contributed by atoms with Gasteiger partial charge >= 0.3 is 6.61 Å². The normalized spacial score (nSPS) is 11.0. The molecule has 0 radical (unpaired) electrons.